The average molecular weight is 222 g/mol. The topological polar surface area (TPSA) is 25.2 Å². The van der Waals surface area contributed by atoms with E-state index in [9.17, 15) is 0 Å². The highest BCUT2D eigenvalue weighted by Gasteiger charge is 2.06. The summed E-state index contributed by atoms with van der Waals surface area (Å²) in [4.78, 5) is 0. The summed E-state index contributed by atoms with van der Waals surface area (Å²) >= 11 is 5.96. The third-order valence-electron chi connectivity index (χ3n) is 2.27. The van der Waals surface area contributed by atoms with Crippen molar-refractivity contribution in [1.29, 1.82) is 0 Å². The molecule has 1 N–H and O–H groups in total. The Morgan fingerprint density at radius 1 is 1.33 bits per heavy atom. The summed E-state index contributed by atoms with van der Waals surface area (Å²) < 4.78 is 5.08. The van der Waals surface area contributed by atoms with Crippen LogP contribution in [0.1, 0.15) is 5.56 Å². The highest BCUT2D eigenvalue weighted by molar-refractivity contribution is 6.30. The van der Waals surface area contributed by atoms with Gasteiger partial charge in [0, 0.05) is 17.1 Å². The molecule has 0 saturated carbocycles. The lowest BCUT2D eigenvalue weighted by Crippen LogP contribution is -2.06. The summed E-state index contributed by atoms with van der Waals surface area (Å²) in [6.07, 6.45) is 3.41. The van der Waals surface area contributed by atoms with Gasteiger partial charge in [0.2, 0.25) is 0 Å². The van der Waals surface area contributed by atoms with Crippen LogP contribution in [0.5, 0.6) is 0 Å². The summed E-state index contributed by atoms with van der Waals surface area (Å²) in [7, 11) is 1.92. The van der Waals surface area contributed by atoms with Crippen LogP contribution in [0.3, 0.4) is 0 Å². The van der Waals surface area contributed by atoms with Crippen LogP contribution in [0.25, 0.3) is 11.1 Å². The molecule has 0 aliphatic heterocycles. The molecule has 2 nitrogen and oxygen atoms in total. The fourth-order valence-corrected chi connectivity index (χ4v) is 1.79. The van der Waals surface area contributed by atoms with E-state index in [1.54, 1.807) is 12.5 Å². The van der Waals surface area contributed by atoms with Crippen molar-refractivity contribution in [3.05, 3.63) is 47.4 Å². The fourth-order valence-electron chi connectivity index (χ4n) is 1.60. The predicted octanol–water partition coefficient (Wildman–Crippen LogP) is 3.32. The van der Waals surface area contributed by atoms with Crippen LogP contribution >= 0.6 is 11.6 Å². The predicted molar refractivity (Wildman–Crippen MR) is 61.9 cm³/mol. The van der Waals surface area contributed by atoms with Crippen LogP contribution in [0, 0.1) is 0 Å². The number of benzene rings is 1. The lowest BCUT2D eigenvalue weighted by Gasteiger charge is -2.07. The Kier molecular flexibility index (Phi) is 3.09. The smallest absolute Gasteiger partial charge is 0.0981 e. The van der Waals surface area contributed by atoms with E-state index in [2.05, 4.69) is 5.32 Å². The Morgan fingerprint density at radius 3 is 2.87 bits per heavy atom. The zero-order chi connectivity index (χ0) is 10.7. The van der Waals surface area contributed by atoms with Crippen molar-refractivity contribution in [2.24, 2.45) is 0 Å². The molecule has 0 fully saturated rings. The van der Waals surface area contributed by atoms with Crippen molar-refractivity contribution >= 4 is 11.6 Å². The Balaban J connectivity index is 2.46. The Morgan fingerprint density at radius 2 is 2.20 bits per heavy atom. The molecule has 1 aromatic heterocycles. The second kappa shape index (κ2) is 4.51. The highest BCUT2D eigenvalue weighted by Crippen LogP contribution is 2.26. The van der Waals surface area contributed by atoms with Crippen molar-refractivity contribution in [2.45, 2.75) is 6.54 Å². The molecule has 0 radical (unpaired) electrons. The van der Waals surface area contributed by atoms with Crippen molar-refractivity contribution in [3.8, 4) is 11.1 Å². The summed E-state index contributed by atoms with van der Waals surface area (Å²) in [5, 5.41) is 3.88. The monoisotopic (exact) mass is 221 g/mol. The summed E-state index contributed by atoms with van der Waals surface area (Å²) in [6, 6.07) is 7.83. The van der Waals surface area contributed by atoms with Crippen LogP contribution in [-0.4, -0.2) is 7.05 Å². The molecule has 0 spiro atoms. The molecular formula is C12H12ClNO. The number of halogens is 1. The van der Waals surface area contributed by atoms with Crippen molar-refractivity contribution in [2.75, 3.05) is 7.05 Å². The van der Waals surface area contributed by atoms with E-state index < -0.39 is 0 Å². The average Bonchev–Trinajstić information content (AvgIpc) is 2.71. The lowest BCUT2D eigenvalue weighted by atomic mass is 10.0. The first-order valence-corrected chi connectivity index (χ1v) is 5.14. The number of hydrogen-bond acceptors (Lipinski definition) is 2. The molecule has 0 aliphatic carbocycles. The van der Waals surface area contributed by atoms with Gasteiger partial charge in [0.1, 0.15) is 0 Å². The highest BCUT2D eigenvalue weighted by atomic mass is 35.5. The molecule has 0 bridgehead atoms. The van der Waals surface area contributed by atoms with Gasteiger partial charge in [-0.3, -0.25) is 0 Å². The number of furan rings is 1. The van der Waals surface area contributed by atoms with Gasteiger partial charge < -0.3 is 9.73 Å². The second-order valence-corrected chi connectivity index (χ2v) is 3.78. The summed E-state index contributed by atoms with van der Waals surface area (Å²) in [5.74, 6) is 0. The van der Waals surface area contributed by atoms with Crippen LogP contribution in [0.2, 0.25) is 5.02 Å². The molecule has 1 aromatic carbocycles. The maximum absolute atomic E-state index is 5.96. The minimum Gasteiger partial charge on any atom is -0.472 e. The van der Waals surface area contributed by atoms with E-state index in [4.69, 9.17) is 16.0 Å². The van der Waals surface area contributed by atoms with Crippen LogP contribution in [0.4, 0.5) is 0 Å². The normalized spacial score (nSPS) is 10.5. The third-order valence-corrected chi connectivity index (χ3v) is 2.50. The van der Waals surface area contributed by atoms with Crippen LogP contribution in [0.15, 0.2) is 41.2 Å². The van der Waals surface area contributed by atoms with Crippen molar-refractivity contribution in [3.63, 3.8) is 0 Å². The summed E-state index contributed by atoms with van der Waals surface area (Å²) in [6.45, 7) is 0.793. The molecule has 1 heterocycles. The van der Waals surface area contributed by atoms with Crippen molar-refractivity contribution in [1.82, 2.24) is 5.32 Å². The Labute approximate surface area is 93.9 Å². The van der Waals surface area contributed by atoms with Gasteiger partial charge in [-0.2, -0.15) is 0 Å². The molecule has 3 heteroatoms. The minimum absolute atomic E-state index is 0.757. The molecule has 0 unspecified atom stereocenters. The molecular weight excluding hydrogens is 210 g/mol. The van der Waals surface area contributed by atoms with Gasteiger partial charge in [-0.15, -0.1) is 0 Å². The molecule has 2 aromatic rings. The van der Waals surface area contributed by atoms with Gasteiger partial charge in [0.25, 0.3) is 0 Å². The fraction of sp³-hybridized carbons (Fsp3) is 0.167. The molecule has 0 amide bonds. The first-order chi connectivity index (χ1) is 7.31. The lowest BCUT2D eigenvalue weighted by molar-refractivity contribution is 0.568. The van der Waals surface area contributed by atoms with Gasteiger partial charge in [-0.05, 0) is 36.4 Å². The molecule has 2 rings (SSSR count). The zero-order valence-corrected chi connectivity index (χ0v) is 9.21. The quantitative estimate of drug-likeness (QED) is 0.860. The zero-order valence-electron chi connectivity index (χ0n) is 8.46. The van der Waals surface area contributed by atoms with Gasteiger partial charge in [0.15, 0.2) is 0 Å². The first-order valence-electron chi connectivity index (χ1n) is 4.77. The van der Waals surface area contributed by atoms with Gasteiger partial charge in [0.05, 0.1) is 12.5 Å². The van der Waals surface area contributed by atoms with Gasteiger partial charge >= 0.3 is 0 Å². The van der Waals surface area contributed by atoms with Crippen LogP contribution < -0.4 is 5.32 Å². The van der Waals surface area contributed by atoms with E-state index in [1.807, 2.05) is 31.3 Å². The molecule has 0 atom stereocenters. The number of rotatable bonds is 3. The minimum atomic E-state index is 0.757. The van der Waals surface area contributed by atoms with E-state index in [-0.39, 0.29) is 0 Å². The van der Waals surface area contributed by atoms with Gasteiger partial charge in [-0.25, -0.2) is 0 Å². The molecule has 15 heavy (non-hydrogen) atoms. The number of nitrogens with one attached hydrogen (secondary N) is 1. The van der Waals surface area contributed by atoms with E-state index >= 15 is 0 Å². The Hall–Kier alpha value is -1.25. The Bertz CT molecular complexity index is 437. The third kappa shape index (κ3) is 2.22. The van der Waals surface area contributed by atoms with Crippen molar-refractivity contribution < 1.29 is 4.42 Å². The second-order valence-electron chi connectivity index (χ2n) is 3.34. The van der Waals surface area contributed by atoms with E-state index in [0.29, 0.717) is 0 Å². The number of hydrogen-bond donors (Lipinski definition) is 1. The largest absolute Gasteiger partial charge is 0.472 e. The van der Waals surface area contributed by atoms with Crippen LogP contribution in [-0.2, 0) is 6.54 Å². The van der Waals surface area contributed by atoms with Gasteiger partial charge in [-0.1, -0.05) is 17.7 Å². The summed E-state index contributed by atoms with van der Waals surface area (Å²) in [5.41, 5.74) is 3.41. The maximum atomic E-state index is 5.96. The molecule has 0 saturated heterocycles. The SMILES string of the molecule is CNCc1cc(Cl)ccc1-c1ccoc1. The standard InChI is InChI=1S/C12H12ClNO/c1-14-7-10-6-11(13)2-3-12(10)9-4-5-15-8-9/h2-6,8,14H,7H2,1H3. The molecule has 0 aliphatic rings. The van der Waals surface area contributed by atoms with E-state index in [1.165, 1.54) is 5.56 Å². The van der Waals surface area contributed by atoms with E-state index in [0.717, 1.165) is 22.7 Å². The first kappa shape index (κ1) is 10.3. The maximum Gasteiger partial charge on any atom is 0.0981 e. The molecule has 78 valence electrons.